The summed E-state index contributed by atoms with van der Waals surface area (Å²) in [4.78, 5) is 2.48. The van der Waals surface area contributed by atoms with Crippen LogP contribution in [0.3, 0.4) is 0 Å². The van der Waals surface area contributed by atoms with Crippen LogP contribution < -0.4 is 4.90 Å². The molecule has 63 heavy (non-hydrogen) atoms. The summed E-state index contributed by atoms with van der Waals surface area (Å²) < 4.78 is 0. The topological polar surface area (TPSA) is 3.24 Å². The van der Waals surface area contributed by atoms with E-state index in [1.807, 2.05) is 0 Å². The van der Waals surface area contributed by atoms with Crippen LogP contribution in [0.15, 0.2) is 231 Å². The maximum absolute atomic E-state index is 2.52. The zero-order valence-corrected chi connectivity index (χ0v) is 34.9. The molecule has 1 spiro atoms. The zero-order chi connectivity index (χ0) is 41.5. The lowest BCUT2D eigenvalue weighted by molar-refractivity contribution is 0.623. The molecule has 1 heteroatoms. The van der Waals surface area contributed by atoms with E-state index in [-0.39, 0.29) is 0 Å². The Kier molecular flexibility index (Phi) is 7.93. The first kappa shape index (κ1) is 36.0. The van der Waals surface area contributed by atoms with E-state index in [0.717, 1.165) is 29.9 Å². The normalized spacial score (nSPS) is 14.7. The molecule has 0 bridgehead atoms. The second-order valence-corrected chi connectivity index (χ2v) is 17.4. The predicted octanol–water partition coefficient (Wildman–Crippen LogP) is 15.5. The van der Waals surface area contributed by atoms with Crippen molar-refractivity contribution in [2.24, 2.45) is 0 Å². The molecule has 0 unspecified atom stereocenters. The van der Waals surface area contributed by atoms with Gasteiger partial charge in [0.25, 0.3) is 0 Å². The number of para-hydroxylation sites is 1. The van der Waals surface area contributed by atoms with Gasteiger partial charge in [0.2, 0.25) is 0 Å². The minimum Gasteiger partial charge on any atom is -0.310 e. The molecule has 0 fully saturated rings. The van der Waals surface area contributed by atoms with Crippen LogP contribution in [0, 0.1) is 0 Å². The van der Waals surface area contributed by atoms with Gasteiger partial charge in [-0.25, -0.2) is 0 Å². The van der Waals surface area contributed by atoms with Crippen molar-refractivity contribution in [1.82, 2.24) is 0 Å². The number of nitrogens with zero attached hydrogens (tertiary/aromatic N) is 1. The minimum atomic E-state index is -0.587. The van der Waals surface area contributed by atoms with Crippen molar-refractivity contribution < 1.29 is 0 Å². The summed E-state index contributed by atoms with van der Waals surface area (Å²) in [6.07, 6.45) is 6.80. The lowest BCUT2D eigenvalue weighted by Gasteiger charge is -2.50. The molecular weight excluding hydrogens is 759 g/mol. The summed E-state index contributed by atoms with van der Waals surface area (Å²) in [5, 5.41) is 5.28. The van der Waals surface area contributed by atoms with Crippen molar-refractivity contribution in [1.29, 1.82) is 0 Å². The third-order valence-electron chi connectivity index (χ3n) is 14.4. The minimum absolute atomic E-state index is 0.546. The molecule has 0 aromatic heterocycles. The Balaban J connectivity index is 1.11. The predicted molar refractivity (Wildman–Crippen MR) is 263 cm³/mol. The second-order valence-electron chi connectivity index (χ2n) is 17.4. The fraction of sp³-hybridized carbons (Fsp3) is 0.0645. The Labute approximate surface area is 368 Å². The van der Waals surface area contributed by atoms with Gasteiger partial charge in [-0.2, -0.15) is 0 Å². The molecule has 13 rings (SSSR count). The van der Waals surface area contributed by atoms with E-state index in [0.29, 0.717) is 0 Å². The molecule has 0 atom stereocenters. The monoisotopic (exact) mass is 801 g/mol. The molecule has 10 aromatic carbocycles. The standard InChI is InChI=1S/C62H43N/c1-4-20-42(21-5-1)61(43-22-6-2-7-23-43)56-32-16-18-34-58(56)62(59-35-19-17-33-57(59)61)55-31-15-14-30-52(55)53-39-37-46(41-60(53)62)63(44-24-8-3-9-25-44)45-36-38-51-49-28-11-10-26-47(49)48-27-12-13-29-50(48)54(51)40-45/h1-10,12-27,29-41H,11,28H2. The van der Waals surface area contributed by atoms with Gasteiger partial charge in [0.15, 0.2) is 0 Å². The van der Waals surface area contributed by atoms with Crippen molar-refractivity contribution in [3.05, 3.63) is 286 Å². The molecule has 3 aliphatic rings. The van der Waals surface area contributed by atoms with E-state index in [2.05, 4.69) is 242 Å². The van der Waals surface area contributed by atoms with Crippen molar-refractivity contribution in [3.63, 3.8) is 0 Å². The third-order valence-corrected chi connectivity index (χ3v) is 14.4. The van der Waals surface area contributed by atoms with E-state index in [1.54, 1.807) is 0 Å². The molecule has 0 heterocycles. The molecule has 0 N–H and O–H groups in total. The summed E-state index contributed by atoms with van der Waals surface area (Å²) >= 11 is 0. The van der Waals surface area contributed by atoms with Crippen LogP contribution in [0.25, 0.3) is 38.7 Å². The summed E-state index contributed by atoms with van der Waals surface area (Å²) in [7, 11) is 0. The quantitative estimate of drug-likeness (QED) is 0.157. The number of hydrogen-bond donors (Lipinski definition) is 0. The zero-order valence-electron chi connectivity index (χ0n) is 34.9. The molecule has 296 valence electrons. The summed E-state index contributed by atoms with van der Waals surface area (Å²) in [5.74, 6) is 0. The highest BCUT2D eigenvalue weighted by Gasteiger charge is 2.56. The number of fused-ring (bicyclic) bond motifs is 15. The SMILES string of the molecule is C1=Cc2c(c3ccc(N(c4ccccc4)c4ccc5c(c4)C4(c6ccccc6-5)c5ccccc5C(c5ccccc5)(c5ccccc5)c5ccccc54)cc3c3ccccc23)CC1. The molecule has 10 aromatic rings. The van der Waals surface area contributed by atoms with Crippen molar-refractivity contribution in [2.45, 2.75) is 23.7 Å². The van der Waals surface area contributed by atoms with Gasteiger partial charge in [-0.3, -0.25) is 0 Å². The number of allylic oxidation sites excluding steroid dienone is 1. The summed E-state index contributed by atoms with van der Waals surface area (Å²) in [6, 6.07) is 84.5. The molecule has 3 aliphatic carbocycles. The summed E-state index contributed by atoms with van der Waals surface area (Å²) in [6.45, 7) is 0. The maximum Gasteiger partial charge on any atom is 0.0720 e. The first-order valence-corrected chi connectivity index (χ1v) is 22.3. The van der Waals surface area contributed by atoms with Crippen LogP contribution in [-0.2, 0) is 17.3 Å². The number of anilines is 3. The molecular formula is C62H43N. The van der Waals surface area contributed by atoms with Crippen molar-refractivity contribution >= 4 is 44.7 Å². The fourth-order valence-corrected chi connectivity index (χ4v) is 12.0. The van der Waals surface area contributed by atoms with Crippen LogP contribution in [0.1, 0.15) is 62.1 Å². The van der Waals surface area contributed by atoms with Crippen LogP contribution >= 0.6 is 0 Å². The van der Waals surface area contributed by atoms with Crippen LogP contribution in [0.5, 0.6) is 0 Å². The van der Waals surface area contributed by atoms with Crippen LogP contribution in [-0.4, -0.2) is 0 Å². The highest BCUT2D eigenvalue weighted by Crippen LogP contribution is 2.65. The Morgan fingerprint density at radius 3 is 1.51 bits per heavy atom. The Morgan fingerprint density at radius 1 is 0.333 bits per heavy atom. The maximum atomic E-state index is 2.52. The molecule has 0 aliphatic heterocycles. The smallest absolute Gasteiger partial charge is 0.0720 e. The van der Waals surface area contributed by atoms with E-state index in [9.17, 15) is 0 Å². The van der Waals surface area contributed by atoms with E-state index in [1.165, 1.54) is 88.3 Å². The number of rotatable bonds is 5. The Bertz CT molecular complexity index is 3360. The average molecular weight is 802 g/mol. The second kappa shape index (κ2) is 13.9. The van der Waals surface area contributed by atoms with Gasteiger partial charge in [-0.15, -0.1) is 0 Å². The largest absolute Gasteiger partial charge is 0.310 e. The Hall–Kier alpha value is -7.74. The van der Waals surface area contributed by atoms with Crippen LogP contribution in [0.4, 0.5) is 17.1 Å². The van der Waals surface area contributed by atoms with E-state index >= 15 is 0 Å². The molecule has 0 radical (unpaired) electrons. The van der Waals surface area contributed by atoms with Gasteiger partial charge in [-0.05, 0) is 138 Å². The molecule has 0 amide bonds. The van der Waals surface area contributed by atoms with E-state index in [4.69, 9.17) is 0 Å². The van der Waals surface area contributed by atoms with Gasteiger partial charge in [0.05, 0.1) is 10.8 Å². The lowest BCUT2D eigenvalue weighted by atomic mass is 9.51. The first-order chi connectivity index (χ1) is 31.3. The highest BCUT2D eigenvalue weighted by atomic mass is 15.1. The van der Waals surface area contributed by atoms with Crippen LogP contribution in [0.2, 0.25) is 0 Å². The van der Waals surface area contributed by atoms with Gasteiger partial charge in [-0.1, -0.05) is 200 Å². The van der Waals surface area contributed by atoms with Gasteiger partial charge < -0.3 is 4.90 Å². The number of aryl methyl sites for hydroxylation is 1. The highest BCUT2D eigenvalue weighted by molar-refractivity contribution is 6.14. The average Bonchev–Trinajstić information content (AvgIpc) is 3.65. The first-order valence-electron chi connectivity index (χ1n) is 22.3. The lowest BCUT2D eigenvalue weighted by Crippen LogP contribution is -2.44. The third kappa shape index (κ3) is 4.94. The van der Waals surface area contributed by atoms with Crippen molar-refractivity contribution in [2.75, 3.05) is 4.90 Å². The molecule has 0 saturated heterocycles. The number of benzene rings is 10. The molecule has 0 saturated carbocycles. The van der Waals surface area contributed by atoms with Gasteiger partial charge in [0, 0.05) is 17.1 Å². The summed E-state index contributed by atoms with van der Waals surface area (Å²) in [5.41, 5.74) is 18.1. The van der Waals surface area contributed by atoms with Gasteiger partial charge >= 0.3 is 0 Å². The Morgan fingerprint density at radius 2 is 0.841 bits per heavy atom. The fourth-order valence-electron chi connectivity index (χ4n) is 12.0. The molecule has 1 nitrogen and oxygen atoms in total. The van der Waals surface area contributed by atoms with E-state index < -0.39 is 10.8 Å². The van der Waals surface area contributed by atoms with Gasteiger partial charge in [0.1, 0.15) is 0 Å². The number of hydrogen-bond acceptors (Lipinski definition) is 1. The van der Waals surface area contributed by atoms with Crippen molar-refractivity contribution in [3.8, 4) is 11.1 Å².